The second-order valence-corrected chi connectivity index (χ2v) is 10.9. The molecule has 14 heteroatoms. The number of fused-ring (bicyclic) bond motifs is 2. The number of aryl methyl sites for hydroxylation is 1. The molecule has 2 aromatic rings. The summed E-state index contributed by atoms with van der Waals surface area (Å²) in [4.78, 5) is 47.7. The number of carboxylic acid groups (broad SMARTS) is 1. The fourth-order valence-corrected chi connectivity index (χ4v) is 7.05. The second-order valence-electron chi connectivity index (χ2n) is 8.47. The van der Waals surface area contributed by atoms with Crippen molar-refractivity contribution in [3.63, 3.8) is 0 Å². The Morgan fingerprint density at radius 2 is 2.25 bits per heavy atom. The minimum absolute atomic E-state index is 0.0670. The number of carboxylic acids is 1. The SMILES string of the molecule is CO/N=C(\C(=O)N[C@@H]1C(=O)N2C(C(=O)[O-])=C(C[n+]3cccc4c3CCC4)CS(=O)[C@H]12)c1csc(N)n1. The van der Waals surface area contributed by atoms with E-state index >= 15 is 0 Å². The molecule has 1 saturated heterocycles. The van der Waals surface area contributed by atoms with E-state index in [2.05, 4.69) is 15.5 Å². The van der Waals surface area contributed by atoms with Gasteiger partial charge in [0.15, 0.2) is 29.3 Å². The maximum atomic E-state index is 13.2. The van der Waals surface area contributed by atoms with Crippen molar-refractivity contribution >= 4 is 50.8 Å². The molecule has 0 aromatic carbocycles. The van der Waals surface area contributed by atoms with Crippen LogP contribution in [0.1, 0.15) is 23.4 Å². The zero-order valence-corrected chi connectivity index (χ0v) is 20.8. The number of β-lactam (4-membered cyclic amide) rings is 1. The molecule has 3 atom stereocenters. The lowest BCUT2D eigenvalue weighted by atomic mass is 10.0. The first-order valence-corrected chi connectivity index (χ1v) is 13.3. The molecule has 0 spiro atoms. The van der Waals surface area contributed by atoms with Crippen molar-refractivity contribution < 1.29 is 33.1 Å². The summed E-state index contributed by atoms with van der Waals surface area (Å²) in [5.74, 6) is -3.09. The molecular formula is C22H22N6O6S2. The maximum absolute atomic E-state index is 13.2. The summed E-state index contributed by atoms with van der Waals surface area (Å²) in [6.45, 7) is 0.182. The van der Waals surface area contributed by atoms with Gasteiger partial charge in [0.2, 0.25) is 0 Å². The van der Waals surface area contributed by atoms with Gasteiger partial charge in [-0.1, -0.05) is 5.16 Å². The number of aliphatic carboxylic acids is 1. The molecule has 0 radical (unpaired) electrons. The highest BCUT2D eigenvalue weighted by atomic mass is 32.2. The molecule has 3 N–H and O–H groups in total. The van der Waals surface area contributed by atoms with Crippen molar-refractivity contribution in [2.45, 2.75) is 37.2 Å². The van der Waals surface area contributed by atoms with E-state index < -0.39 is 40.0 Å². The maximum Gasteiger partial charge on any atom is 0.276 e. The minimum atomic E-state index is -1.67. The number of aromatic nitrogens is 2. The highest BCUT2D eigenvalue weighted by molar-refractivity contribution is 7.86. The van der Waals surface area contributed by atoms with Gasteiger partial charge < -0.3 is 25.8 Å². The molecule has 1 unspecified atom stereocenters. The van der Waals surface area contributed by atoms with Crippen molar-refractivity contribution in [3.05, 3.63) is 51.9 Å². The molecule has 0 bridgehead atoms. The molecule has 1 fully saturated rings. The van der Waals surface area contributed by atoms with Gasteiger partial charge in [-0.05, 0) is 18.9 Å². The van der Waals surface area contributed by atoms with E-state index in [1.54, 1.807) is 0 Å². The number of rotatable bonds is 7. The molecule has 2 amide bonds. The van der Waals surface area contributed by atoms with Crippen molar-refractivity contribution in [2.75, 3.05) is 18.6 Å². The van der Waals surface area contributed by atoms with Crippen LogP contribution in [0.3, 0.4) is 0 Å². The van der Waals surface area contributed by atoms with Crippen LogP contribution in [-0.4, -0.2) is 61.9 Å². The van der Waals surface area contributed by atoms with Gasteiger partial charge in [0.1, 0.15) is 24.2 Å². The third-order valence-electron chi connectivity index (χ3n) is 6.35. The molecule has 188 valence electrons. The van der Waals surface area contributed by atoms with Crippen molar-refractivity contribution in [1.29, 1.82) is 0 Å². The summed E-state index contributed by atoms with van der Waals surface area (Å²) < 4.78 is 15.1. The number of carbonyl (C=O) groups excluding carboxylic acids is 3. The topological polar surface area (TPSA) is 171 Å². The molecule has 12 nitrogen and oxygen atoms in total. The number of nitrogens with one attached hydrogen (secondary N) is 1. The highest BCUT2D eigenvalue weighted by Gasteiger charge is 2.56. The fourth-order valence-electron chi connectivity index (χ4n) is 4.83. The third kappa shape index (κ3) is 4.05. The predicted octanol–water partition coefficient (Wildman–Crippen LogP) is -2.03. The molecule has 2 aliphatic heterocycles. The Morgan fingerprint density at radius 3 is 2.94 bits per heavy atom. The van der Waals surface area contributed by atoms with E-state index in [0.29, 0.717) is 5.57 Å². The standard InChI is InChI=1S/C22H22N6O6S2/c1-34-26-15(13-9-35-22(23)24-13)18(29)25-16-19(30)28-17(21(31)32)12(10-36(33)20(16)28)8-27-7-3-5-11-4-2-6-14(11)27/h3,5,7,9,16,20H,2,4,6,8,10H2,1H3,(H3-,23,24,25,29,31,32)/b26-15-/t16-,20-,36?/m1/s1. The van der Waals surface area contributed by atoms with Gasteiger partial charge in [-0.2, -0.15) is 4.57 Å². The van der Waals surface area contributed by atoms with Crippen LogP contribution >= 0.6 is 11.3 Å². The number of amides is 2. The van der Waals surface area contributed by atoms with Crippen molar-refractivity contribution in [1.82, 2.24) is 15.2 Å². The average Bonchev–Trinajstić information content (AvgIpc) is 3.50. The zero-order chi connectivity index (χ0) is 25.6. The second kappa shape index (κ2) is 9.43. The van der Waals surface area contributed by atoms with Crippen LogP contribution < -0.4 is 20.7 Å². The summed E-state index contributed by atoms with van der Waals surface area (Å²) in [7, 11) is -0.425. The van der Waals surface area contributed by atoms with Gasteiger partial charge in [0.05, 0.1) is 28.2 Å². The Kier molecular flexibility index (Phi) is 6.30. The lowest BCUT2D eigenvalue weighted by molar-refractivity contribution is -0.696. The first-order valence-electron chi connectivity index (χ1n) is 11.1. The number of anilines is 1. The summed E-state index contributed by atoms with van der Waals surface area (Å²) >= 11 is 1.09. The van der Waals surface area contributed by atoms with Crippen molar-refractivity contribution in [2.24, 2.45) is 5.16 Å². The number of pyridine rings is 1. The van der Waals surface area contributed by atoms with E-state index in [4.69, 9.17) is 10.6 Å². The summed E-state index contributed by atoms with van der Waals surface area (Å²) in [5, 5.41) is 19.0. The first-order chi connectivity index (χ1) is 17.3. The van der Waals surface area contributed by atoms with Crippen LogP contribution in [0.25, 0.3) is 0 Å². The van der Waals surface area contributed by atoms with E-state index in [-0.39, 0.29) is 34.5 Å². The van der Waals surface area contributed by atoms with E-state index in [1.165, 1.54) is 18.1 Å². The van der Waals surface area contributed by atoms with E-state index in [1.807, 2.05) is 22.9 Å². The largest absolute Gasteiger partial charge is 0.543 e. The number of carbonyl (C=O) groups is 3. The third-order valence-corrected chi connectivity index (χ3v) is 8.68. The van der Waals surface area contributed by atoms with Gasteiger partial charge in [0.25, 0.3) is 11.8 Å². The van der Waals surface area contributed by atoms with Gasteiger partial charge in [-0.25, -0.2) is 4.98 Å². The highest BCUT2D eigenvalue weighted by Crippen LogP contribution is 2.35. The molecule has 0 saturated carbocycles. The summed E-state index contributed by atoms with van der Waals surface area (Å²) in [6, 6.07) is 2.72. The Balaban J connectivity index is 1.40. The minimum Gasteiger partial charge on any atom is -0.543 e. The first kappa shape index (κ1) is 24.1. The lowest BCUT2D eigenvalue weighted by Crippen LogP contribution is -2.74. The predicted molar refractivity (Wildman–Crippen MR) is 126 cm³/mol. The zero-order valence-electron chi connectivity index (χ0n) is 19.1. The number of nitrogens with two attached hydrogens (primary N) is 1. The van der Waals surface area contributed by atoms with Gasteiger partial charge in [-0.15, -0.1) is 11.3 Å². The monoisotopic (exact) mass is 530 g/mol. The van der Waals surface area contributed by atoms with Crippen LogP contribution in [0.2, 0.25) is 0 Å². The van der Waals surface area contributed by atoms with E-state index in [0.717, 1.165) is 41.2 Å². The van der Waals surface area contributed by atoms with Crippen LogP contribution in [0, 0.1) is 0 Å². The molecule has 4 heterocycles. The van der Waals surface area contributed by atoms with E-state index in [9.17, 15) is 23.7 Å². The molecule has 2 aromatic heterocycles. The number of thiazole rings is 1. The number of nitrogen functional groups attached to an aromatic ring is 1. The fraction of sp³-hybridized carbons (Fsp3) is 0.364. The summed E-state index contributed by atoms with van der Waals surface area (Å²) in [5.41, 5.74) is 7.90. The van der Waals surface area contributed by atoms with Crippen LogP contribution in [0.5, 0.6) is 0 Å². The number of hydrogen-bond donors (Lipinski definition) is 2. The quantitative estimate of drug-likeness (QED) is 0.179. The number of nitrogens with zero attached hydrogens (tertiary/aromatic N) is 4. The normalized spacial score (nSPS) is 23.1. The Hall–Kier alpha value is -3.65. The van der Waals surface area contributed by atoms with Crippen LogP contribution in [0.15, 0.2) is 40.1 Å². The molecule has 1 aliphatic carbocycles. The summed E-state index contributed by atoms with van der Waals surface area (Å²) in [6.07, 6.45) is 4.67. The van der Waals surface area contributed by atoms with Crippen molar-refractivity contribution in [3.8, 4) is 0 Å². The average molecular weight is 531 g/mol. The van der Waals surface area contributed by atoms with Gasteiger partial charge in [0, 0.05) is 29.0 Å². The van der Waals surface area contributed by atoms with Gasteiger partial charge >= 0.3 is 0 Å². The molecular weight excluding hydrogens is 508 g/mol. The van der Waals surface area contributed by atoms with Crippen LogP contribution in [-0.2, 0) is 49.4 Å². The number of oxime groups is 1. The van der Waals surface area contributed by atoms with Crippen LogP contribution in [0.4, 0.5) is 5.13 Å². The lowest BCUT2D eigenvalue weighted by Gasteiger charge is -2.50. The number of hydrogen-bond acceptors (Lipinski definition) is 10. The molecule has 3 aliphatic rings. The smallest absolute Gasteiger partial charge is 0.276 e. The van der Waals surface area contributed by atoms with Gasteiger partial charge in [-0.3, -0.25) is 18.7 Å². The molecule has 5 rings (SSSR count). The molecule has 36 heavy (non-hydrogen) atoms. The Labute approximate surface area is 211 Å². The Morgan fingerprint density at radius 1 is 1.44 bits per heavy atom. The Bertz CT molecular complexity index is 1370.